The van der Waals surface area contributed by atoms with E-state index in [0.29, 0.717) is 0 Å². The van der Waals surface area contributed by atoms with Crippen molar-refractivity contribution in [1.29, 1.82) is 0 Å². The third-order valence-electron chi connectivity index (χ3n) is 1.88. The first kappa shape index (κ1) is 13.2. The minimum atomic E-state index is 0.0808. The summed E-state index contributed by atoms with van der Waals surface area (Å²) >= 11 is 0. The van der Waals surface area contributed by atoms with Crippen LogP contribution in [-0.4, -0.2) is 22.2 Å². The Morgan fingerprint density at radius 2 is 1.75 bits per heavy atom. The van der Waals surface area contributed by atoms with Crippen LogP contribution in [-0.2, 0) is 8.85 Å². The summed E-state index contributed by atoms with van der Waals surface area (Å²) in [7, 11) is 0.109. The van der Waals surface area contributed by atoms with Gasteiger partial charge in [0.2, 0.25) is 0 Å². The molecule has 0 saturated heterocycles. The Labute approximate surface area is 100 Å². The Hall–Kier alpha value is -0.903. The molecule has 0 aliphatic heterocycles. The summed E-state index contributed by atoms with van der Waals surface area (Å²) in [6, 6.07) is 10.2. The van der Waals surface area contributed by atoms with E-state index < -0.39 is 0 Å². The van der Waals surface area contributed by atoms with E-state index in [4.69, 9.17) is 8.85 Å². The van der Waals surface area contributed by atoms with Crippen LogP contribution in [0, 0.1) is 0 Å². The van der Waals surface area contributed by atoms with Gasteiger partial charge >= 0.3 is 10.0 Å². The molecule has 1 unspecified atom stereocenters. The third kappa shape index (κ3) is 5.85. The Balaban J connectivity index is 2.28. The van der Waals surface area contributed by atoms with Crippen LogP contribution in [0.25, 0.3) is 6.08 Å². The zero-order valence-electron chi connectivity index (χ0n) is 10.0. The summed E-state index contributed by atoms with van der Waals surface area (Å²) in [4.78, 5) is 0. The predicted molar refractivity (Wildman–Crippen MR) is 68.0 cm³/mol. The summed E-state index contributed by atoms with van der Waals surface area (Å²) in [5, 5.41) is 0. The van der Waals surface area contributed by atoms with Crippen LogP contribution in [0.5, 0.6) is 0 Å². The molecule has 1 rings (SSSR count). The molecule has 0 bridgehead atoms. The molecular formula is C13H18O2Si. The molecule has 0 aliphatic rings. The Bertz CT molecular complexity index is 309. The lowest BCUT2D eigenvalue weighted by molar-refractivity contribution is 0.163. The van der Waals surface area contributed by atoms with E-state index in [9.17, 15) is 0 Å². The van der Waals surface area contributed by atoms with Gasteiger partial charge in [0.1, 0.15) is 0 Å². The highest BCUT2D eigenvalue weighted by atomic mass is 28.3. The van der Waals surface area contributed by atoms with Gasteiger partial charge in [-0.15, -0.1) is 0 Å². The fourth-order valence-electron chi connectivity index (χ4n) is 1.05. The SMILES string of the molecule is CC(C)O[Si]OC(C)/C=C/c1ccccc1. The predicted octanol–water partition coefficient (Wildman–Crippen LogP) is 3.06. The van der Waals surface area contributed by atoms with Crippen molar-refractivity contribution < 1.29 is 8.85 Å². The van der Waals surface area contributed by atoms with E-state index in [2.05, 4.69) is 18.2 Å². The number of benzene rings is 1. The fourth-order valence-corrected chi connectivity index (χ4v) is 1.53. The first-order chi connectivity index (χ1) is 7.68. The first-order valence-corrected chi connectivity index (χ1v) is 6.29. The van der Waals surface area contributed by atoms with Gasteiger partial charge in [-0.2, -0.15) is 0 Å². The van der Waals surface area contributed by atoms with E-state index in [1.165, 1.54) is 5.56 Å². The maximum Gasteiger partial charge on any atom is 0.434 e. The Morgan fingerprint density at radius 1 is 1.06 bits per heavy atom. The lowest BCUT2D eigenvalue weighted by Gasteiger charge is -2.09. The number of rotatable bonds is 6. The van der Waals surface area contributed by atoms with Crippen molar-refractivity contribution in [2.75, 3.05) is 0 Å². The Kier molecular flexibility index (Phi) is 6.07. The molecule has 0 amide bonds. The average Bonchev–Trinajstić information content (AvgIpc) is 2.27. The lowest BCUT2D eigenvalue weighted by atomic mass is 10.2. The number of hydrogen-bond donors (Lipinski definition) is 0. The minimum Gasteiger partial charge on any atom is -0.390 e. The molecule has 3 heteroatoms. The maximum absolute atomic E-state index is 5.49. The van der Waals surface area contributed by atoms with Gasteiger partial charge in [-0.3, -0.25) is 0 Å². The molecule has 0 heterocycles. The fraction of sp³-hybridized carbons (Fsp3) is 0.385. The third-order valence-corrected chi connectivity index (χ3v) is 2.91. The first-order valence-electron chi connectivity index (χ1n) is 5.48. The summed E-state index contributed by atoms with van der Waals surface area (Å²) in [5.74, 6) is 0. The van der Waals surface area contributed by atoms with Gasteiger partial charge < -0.3 is 8.85 Å². The summed E-state index contributed by atoms with van der Waals surface area (Å²) < 4.78 is 10.8. The molecule has 0 aliphatic carbocycles. The van der Waals surface area contributed by atoms with Crippen molar-refractivity contribution in [3.05, 3.63) is 42.0 Å². The quantitative estimate of drug-likeness (QED) is 0.704. The van der Waals surface area contributed by atoms with Crippen LogP contribution in [0.1, 0.15) is 26.3 Å². The van der Waals surface area contributed by atoms with Gasteiger partial charge in [-0.25, -0.2) is 0 Å². The van der Waals surface area contributed by atoms with Crippen LogP contribution in [0.4, 0.5) is 0 Å². The van der Waals surface area contributed by atoms with Crippen molar-refractivity contribution in [3.63, 3.8) is 0 Å². The normalized spacial score (nSPS) is 13.5. The number of hydrogen-bond acceptors (Lipinski definition) is 2. The molecule has 0 spiro atoms. The van der Waals surface area contributed by atoms with Gasteiger partial charge in [-0.1, -0.05) is 42.5 Å². The van der Waals surface area contributed by atoms with Crippen LogP contribution in [0.3, 0.4) is 0 Å². The van der Waals surface area contributed by atoms with Crippen molar-refractivity contribution in [3.8, 4) is 0 Å². The van der Waals surface area contributed by atoms with Crippen LogP contribution in [0.15, 0.2) is 36.4 Å². The standard InChI is InChI=1S/C13H18O2Si/c1-11(2)14-16-15-12(3)9-10-13-7-5-4-6-8-13/h4-12H,1-3H3/b10-9+. The van der Waals surface area contributed by atoms with E-state index in [-0.39, 0.29) is 22.2 Å². The van der Waals surface area contributed by atoms with Crippen molar-refractivity contribution in [2.24, 2.45) is 0 Å². The average molecular weight is 234 g/mol. The van der Waals surface area contributed by atoms with E-state index in [1.54, 1.807) is 0 Å². The molecule has 0 saturated carbocycles. The molecular weight excluding hydrogens is 216 g/mol. The van der Waals surface area contributed by atoms with Crippen molar-refractivity contribution >= 4 is 16.1 Å². The summed E-state index contributed by atoms with van der Waals surface area (Å²) in [5.41, 5.74) is 1.19. The molecule has 1 aromatic rings. The highest BCUT2D eigenvalue weighted by Crippen LogP contribution is 2.03. The molecule has 0 N–H and O–H groups in total. The second-order valence-electron chi connectivity index (χ2n) is 3.84. The molecule has 16 heavy (non-hydrogen) atoms. The summed E-state index contributed by atoms with van der Waals surface area (Å²) in [6.45, 7) is 6.01. The van der Waals surface area contributed by atoms with Gasteiger partial charge in [-0.05, 0) is 26.3 Å². The van der Waals surface area contributed by atoms with Gasteiger partial charge in [0.05, 0.1) is 6.10 Å². The van der Waals surface area contributed by atoms with Crippen LogP contribution < -0.4 is 0 Å². The van der Waals surface area contributed by atoms with Crippen molar-refractivity contribution in [1.82, 2.24) is 0 Å². The molecule has 1 aromatic carbocycles. The van der Waals surface area contributed by atoms with Gasteiger partial charge in [0.15, 0.2) is 0 Å². The van der Waals surface area contributed by atoms with E-state index in [0.717, 1.165) is 0 Å². The highest BCUT2D eigenvalue weighted by Gasteiger charge is 2.01. The second kappa shape index (κ2) is 7.38. The highest BCUT2D eigenvalue weighted by molar-refractivity contribution is 6.18. The van der Waals surface area contributed by atoms with Crippen molar-refractivity contribution in [2.45, 2.75) is 33.0 Å². The monoisotopic (exact) mass is 234 g/mol. The van der Waals surface area contributed by atoms with E-state index in [1.807, 2.05) is 45.0 Å². The molecule has 0 fully saturated rings. The minimum absolute atomic E-state index is 0.0808. The zero-order valence-corrected chi connectivity index (χ0v) is 11.0. The van der Waals surface area contributed by atoms with Crippen LogP contribution >= 0.6 is 0 Å². The second-order valence-corrected chi connectivity index (χ2v) is 4.48. The molecule has 2 nitrogen and oxygen atoms in total. The Morgan fingerprint density at radius 3 is 2.38 bits per heavy atom. The molecule has 0 aromatic heterocycles. The molecule has 2 radical (unpaired) electrons. The summed E-state index contributed by atoms with van der Waals surface area (Å²) in [6.07, 6.45) is 4.40. The lowest BCUT2D eigenvalue weighted by Crippen LogP contribution is -2.15. The zero-order chi connectivity index (χ0) is 11.8. The van der Waals surface area contributed by atoms with Gasteiger partial charge in [0.25, 0.3) is 0 Å². The largest absolute Gasteiger partial charge is 0.434 e. The smallest absolute Gasteiger partial charge is 0.390 e. The topological polar surface area (TPSA) is 18.5 Å². The van der Waals surface area contributed by atoms with Gasteiger partial charge in [0, 0.05) is 6.10 Å². The van der Waals surface area contributed by atoms with Crippen LogP contribution in [0.2, 0.25) is 0 Å². The molecule has 86 valence electrons. The molecule has 1 atom stereocenters. The van der Waals surface area contributed by atoms with E-state index >= 15 is 0 Å². The maximum atomic E-state index is 5.49.